The van der Waals surface area contributed by atoms with Crippen LogP contribution in [0.15, 0.2) is 35.1 Å². The van der Waals surface area contributed by atoms with Crippen LogP contribution in [0.5, 0.6) is 0 Å². The lowest BCUT2D eigenvalue weighted by Crippen LogP contribution is -1.92. The van der Waals surface area contributed by atoms with E-state index in [0.717, 1.165) is 10.6 Å². The summed E-state index contributed by atoms with van der Waals surface area (Å²) in [6.45, 7) is 0. The molecule has 1 heterocycles. The van der Waals surface area contributed by atoms with Crippen molar-refractivity contribution in [3.8, 4) is 0 Å². The number of rotatable bonds is 0. The summed E-state index contributed by atoms with van der Waals surface area (Å²) < 4.78 is 15.2. The van der Waals surface area contributed by atoms with E-state index in [0.29, 0.717) is 0 Å². The third kappa shape index (κ3) is 2.71. The molecule has 8 heteroatoms. The number of allylic oxidation sites excluding steroid dienone is 4. The monoisotopic (exact) mass is 248 g/mol. The van der Waals surface area contributed by atoms with Gasteiger partial charge in [-0.1, -0.05) is 6.08 Å². The Kier molecular flexibility index (Phi) is 3.67. The molecule has 0 radical (unpaired) electrons. The Morgan fingerprint density at radius 2 is 2.23 bits per heavy atom. The van der Waals surface area contributed by atoms with Crippen LogP contribution in [0.1, 0.15) is 0 Å². The van der Waals surface area contributed by atoms with Gasteiger partial charge < -0.3 is 0 Å². The van der Waals surface area contributed by atoms with Crippen LogP contribution in [0.3, 0.4) is 0 Å². The van der Waals surface area contributed by atoms with Gasteiger partial charge in [-0.3, -0.25) is 0 Å². The number of hydrogen-bond donors (Lipinski definition) is 1. The second kappa shape index (κ2) is 5.01. The molecule has 2 rings (SSSR count). The first kappa shape index (κ1) is 9.53. The van der Waals surface area contributed by atoms with Crippen LogP contribution in [-0.4, -0.2) is 5.71 Å². The van der Waals surface area contributed by atoms with Crippen LogP contribution in [0.25, 0.3) is 0 Å². The maximum atomic E-state index is 4.24. The highest BCUT2D eigenvalue weighted by atomic mass is 32.2. The normalized spacial score (nSPS) is 21.5. The largest absolute Gasteiger partial charge is 0.198 e. The standard InChI is InChI=1S/C5H4N4S4/c1-2-4-5(3-1)10-7-12-9-13-8-11-6-4/h1-3,8H. The zero-order valence-electron chi connectivity index (χ0n) is 6.21. The summed E-state index contributed by atoms with van der Waals surface area (Å²) in [6.07, 6.45) is 5.91. The van der Waals surface area contributed by atoms with Crippen molar-refractivity contribution in [3.05, 3.63) is 23.1 Å². The average molecular weight is 248 g/mol. The fourth-order valence-electron chi connectivity index (χ4n) is 0.734. The molecule has 0 saturated heterocycles. The Bertz CT molecular complexity index is 352. The Morgan fingerprint density at radius 1 is 1.23 bits per heavy atom. The predicted molar refractivity (Wildman–Crippen MR) is 62.8 cm³/mol. The van der Waals surface area contributed by atoms with Gasteiger partial charge in [0.2, 0.25) is 0 Å². The summed E-state index contributed by atoms with van der Waals surface area (Å²) >= 11 is 5.08. The molecule has 1 aliphatic carbocycles. The molecule has 0 atom stereocenters. The Hall–Kier alpha value is -0.0200. The fraction of sp³-hybridized carbons (Fsp3) is 0. The predicted octanol–water partition coefficient (Wildman–Crippen LogP) is 2.71. The fourth-order valence-corrected chi connectivity index (χ4v) is 3.02. The minimum absolute atomic E-state index is 0.953. The second-order valence-corrected chi connectivity index (χ2v) is 5.15. The SMILES string of the molecule is C1=CC2=NSNSN=S=NSC2=C1. The van der Waals surface area contributed by atoms with Crippen molar-refractivity contribution in [3.63, 3.8) is 0 Å². The van der Waals surface area contributed by atoms with Crippen LogP contribution in [0.2, 0.25) is 0 Å². The highest BCUT2D eigenvalue weighted by molar-refractivity contribution is 8.13. The van der Waals surface area contributed by atoms with Crippen molar-refractivity contribution in [2.45, 2.75) is 0 Å². The maximum absolute atomic E-state index is 4.24. The van der Waals surface area contributed by atoms with Crippen molar-refractivity contribution in [1.29, 1.82) is 0 Å². The molecule has 0 fully saturated rings. The lowest BCUT2D eigenvalue weighted by molar-refractivity contribution is 1.68. The van der Waals surface area contributed by atoms with Crippen molar-refractivity contribution < 1.29 is 0 Å². The molecule has 0 saturated carbocycles. The smallest absolute Gasteiger partial charge is 0.0883 e. The Morgan fingerprint density at radius 3 is 3.23 bits per heavy atom. The molecule has 0 amide bonds. The third-order valence-electron chi connectivity index (χ3n) is 1.21. The third-order valence-corrected chi connectivity index (χ3v) is 3.77. The van der Waals surface area contributed by atoms with E-state index in [4.69, 9.17) is 0 Å². The number of fused-ring (bicyclic) bond motifs is 1. The van der Waals surface area contributed by atoms with Crippen molar-refractivity contribution in [2.75, 3.05) is 0 Å². The molecule has 1 aliphatic heterocycles. The second-order valence-electron chi connectivity index (χ2n) is 1.95. The molecule has 4 nitrogen and oxygen atoms in total. The zero-order valence-corrected chi connectivity index (χ0v) is 9.47. The summed E-state index contributed by atoms with van der Waals surface area (Å²) in [4.78, 5) is 1.06. The van der Waals surface area contributed by atoms with Gasteiger partial charge in [0, 0.05) is 11.9 Å². The molecule has 68 valence electrons. The minimum atomic E-state index is 0.953. The zero-order chi connectivity index (χ0) is 8.93. The van der Waals surface area contributed by atoms with E-state index in [1.165, 1.54) is 47.6 Å². The Balaban J connectivity index is 2.21. The first-order valence-electron chi connectivity index (χ1n) is 3.24. The van der Waals surface area contributed by atoms with Gasteiger partial charge in [0.05, 0.1) is 46.2 Å². The first-order valence-corrected chi connectivity index (χ1v) is 6.29. The highest BCUT2D eigenvalue weighted by Crippen LogP contribution is 2.25. The molecule has 1 N–H and O–H groups in total. The summed E-state index contributed by atoms with van der Waals surface area (Å²) in [7, 11) is 0. The topological polar surface area (TPSA) is 49.1 Å². The van der Waals surface area contributed by atoms with Crippen LogP contribution < -0.4 is 4.13 Å². The first-order chi connectivity index (χ1) is 6.47. The van der Waals surface area contributed by atoms with E-state index in [2.05, 4.69) is 16.1 Å². The van der Waals surface area contributed by atoms with Crippen LogP contribution >= 0.6 is 36.2 Å². The van der Waals surface area contributed by atoms with E-state index in [1.54, 1.807) is 0 Å². The summed E-state index contributed by atoms with van der Waals surface area (Å²) in [5.41, 5.74) is 0.953. The van der Waals surface area contributed by atoms with Gasteiger partial charge in [0.15, 0.2) is 0 Å². The maximum Gasteiger partial charge on any atom is 0.0883 e. The van der Waals surface area contributed by atoms with Crippen LogP contribution in [0.4, 0.5) is 0 Å². The van der Waals surface area contributed by atoms with Crippen molar-refractivity contribution in [1.82, 2.24) is 4.13 Å². The quantitative estimate of drug-likeness (QED) is 0.670. The summed E-state index contributed by atoms with van der Waals surface area (Å²) in [5, 5.41) is 0. The highest BCUT2D eigenvalue weighted by Gasteiger charge is 2.09. The summed E-state index contributed by atoms with van der Waals surface area (Å²) in [5.74, 6) is 0. The lowest BCUT2D eigenvalue weighted by Gasteiger charge is -1.98. The van der Waals surface area contributed by atoms with E-state index in [9.17, 15) is 0 Å². The molecule has 0 aromatic carbocycles. The van der Waals surface area contributed by atoms with Crippen molar-refractivity contribution >= 4 is 53.3 Å². The number of hydrogen-bond acceptors (Lipinski definition) is 7. The molecular formula is C5H4N4S4. The van der Waals surface area contributed by atoms with Crippen molar-refractivity contribution in [2.24, 2.45) is 11.9 Å². The molecule has 13 heavy (non-hydrogen) atoms. The van der Waals surface area contributed by atoms with E-state index >= 15 is 0 Å². The van der Waals surface area contributed by atoms with Gasteiger partial charge in [0.25, 0.3) is 0 Å². The molecule has 0 bridgehead atoms. The van der Waals surface area contributed by atoms with Gasteiger partial charge in [-0.2, -0.15) is 8.53 Å². The minimum Gasteiger partial charge on any atom is -0.198 e. The summed E-state index contributed by atoms with van der Waals surface area (Å²) in [6, 6.07) is 0. The molecule has 0 aromatic heterocycles. The molecule has 0 aromatic rings. The van der Waals surface area contributed by atoms with E-state index < -0.39 is 0 Å². The van der Waals surface area contributed by atoms with E-state index in [-0.39, 0.29) is 0 Å². The van der Waals surface area contributed by atoms with Gasteiger partial charge in [-0.05, 0) is 12.2 Å². The van der Waals surface area contributed by atoms with Crippen LogP contribution in [0, 0.1) is 0 Å². The van der Waals surface area contributed by atoms with Gasteiger partial charge in [-0.15, -0.1) is 7.54 Å². The number of nitrogens with one attached hydrogen (secondary N) is 1. The Labute approximate surface area is 92.3 Å². The van der Waals surface area contributed by atoms with E-state index in [1.807, 2.05) is 18.2 Å². The molecule has 2 aliphatic rings. The van der Waals surface area contributed by atoms with Gasteiger partial charge in [0.1, 0.15) is 0 Å². The number of nitrogens with zero attached hydrogens (tertiary/aromatic N) is 3. The molecular weight excluding hydrogens is 244 g/mol. The molecule has 0 unspecified atom stereocenters. The van der Waals surface area contributed by atoms with Gasteiger partial charge >= 0.3 is 0 Å². The average Bonchev–Trinajstić information content (AvgIpc) is 2.59. The lowest BCUT2D eigenvalue weighted by atomic mass is 10.4. The molecule has 0 spiro atoms. The van der Waals surface area contributed by atoms with Crippen LogP contribution in [-0.2, 0) is 11.4 Å². The van der Waals surface area contributed by atoms with Gasteiger partial charge in [-0.25, -0.2) is 0 Å².